The molecule has 0 aromatic heterocycles. The number of halogens is 2. The molecule has 1 heterocycles. The summed E-state index contributed by atoms with van der Waals surface area (Å²) in [6, 6.07) is 5.49. The van der Waals surface area contributed by atoms with Gasteiger partial charge in [0, 0.05) is 12.8 Å². The van der Waals surface area contributed by atoms with Crippen LogP contribution in [-0.2, 0) is 0 Å². The van der Waals surface area contributed by atoms with E-state index in [1.165, 1.54) is 0 Å². The number of benzene rings is 1. The fourth-order valence-corrected chi connectivity index (χ4v) is 2.40. The van der Waals surface area contributed by atoms with Gasteiger partial charge < -0.3 is 9.47 Å². The molecule has 1 aliphatic carbocycles. The van der Waals surface area contributed by atoms with Crippen molar-refractivity contribution >= 4 is 0 Å². The molecule has 0 radical (unpaired) electrons. The second kappa shape index (κ2) is 3.34. The lowest BCUT2D eigenvalue weighted by atomic mass is 9.97. The zero-order valence-electron chi connectivity index (χ0n) is 8.71. The van der Waals surface area contributed by atoms with Crippen LogP contribution in [0.4, 0.5) is 8.78 Å². The van der Waals surface area contributed by atoms with Crippen molar-refractivity contribution in [2.45, 2.75) is 31.1 Å². The highest BCUT2D eigenvalue weighted by Gasteiger charge is 2.40. The number of alkyl halides is 2. The van der Waals surface area contributed by atoms with Gasteiger partial charge >= 0.3 is 0 Å². The van der Waals surface area contributed by atoms with Crippen molar-refractivity contribution in [1.29, 1.82) is 0 Å². The van der Waals surface area contributed by atoms with Gasteiger partial charge in [-0.15, -0.1) is 0 Å². The SMILES string of the molecule is FC1(F)CCC(c2ccc3c(c2)OCO3)C1. The van der Waals surface area contributed by atoms with E-state index >= 15 is 0 Å². The summed E-state index contributed by atoms with van der Waals surface area (Å²) in [5.41, 5.74) is 0.932. The first-order chi connectivity index (χ1) is 7.64. The van der Waals surface area contributed by atoms with Crippen molar-refractivity contribution < 1.29 is 18.3 Å². The standard InChI is InChI=1S/C12H12F2O2/c13-12(14)4-3-9(6-12)8-1-2-10-11(5-8)16-7-15-10/h1-2,5,9H,3-4,6-7H2. The Bertz CT molecular complexity index is 417. The van der Waals surface area contributed by atoms with Gasteiger partial charge in [0.25, 0.3) is 0 Å². The molecule has 3 rings (SSSR count). The van der Waals surface area contributed by atoms with Gasteiger partial charge in [-0.2, -0.15) is 0 Å². The second-order valence-corrected chi connectivity index (χ2v) is 4.41. The van der Waals surface area contributed by atoms with E-state index in [4.69, 9.17) is 9.47 Å². The summed E-state index contributed by atoms with van der Waals surface area (Å²) < 4.78 is 36.6. The number of hydrogen-bond donors (Lipinski definition) is 0. The molecule has 0 N–H and O–H groups in total. The fourth-order valence-electron chi connectivity index (χ4n) is 2.40. The van der Waals surface area contributed by atoms with Gasteiger partial charge in [-0.25, -0.2) is 8.78 Å². The molecular formula is C12H12F2O2. The molecule has 2 nitrogen and oxygen atoms in total. The van der Waals surface area contributed by atoms with Crippen LogP contribution in [0.25, 0.3) is 0 Å². The van der Waals surface area contributed by atoms with E-state index in [2.05, 4.69) is 0 Å². The third kappa shape index (κ3) is 1.62. The summed E-state index contributed by atoms with van der Waals surface area (Å²) in [4.78, 5) is 0. The molecule has 1 aromatic carbocycles. The average molecular weight is 226 g/mol. The van der Waals surface area contributed by atoms with Gasteiger partial charge in [0.05, 0.1) is 0 Å². The minimum atomic E-state index is -2.50. The minimum Gasteiger partial charge on any atom is -0.454 e. The first kappa shape index (κ1) is 9.87. The fraction of sp³-hybridized carbons (Fsp3) is 0.500. The molecule has 0 saturated heterocycles. The monoisotopic (exact) mass is 226 g/mol. The Balaban J connectivity index is 1.85. The molecule has 16 heavy (non-hydrogen) atoms. The lowest BCUT2D eigenvalue weighted by Gasteiger charge is -2.11. The number of hydrogen-bond acceptors (Lipinski definition) is 2. The van der Waals surface area contributed by atoms with Crippen molar-refractivity contribution in [1.82, 2.24) is 0 Å². The lowest BCUT2D eigenvalue weighted by Crippen LogP contribution is -2.09. The summed E-state index contributed by atoms with van der Waals surface area (Å²) >= 11 is 0. The van der Waals surface area contributed by atoms with E-state index in [1.807, 2.05) is 12.1 Å². The molecule has 1 aromatic rings. The van der Waals surface area contributed by atoms with Crippen molar-refractivity contribution in [2.75, 3.05) is 6.79 Å². The summed E-state index contributed by atoms with van der Waals surface area (Å²) in [7, 11) is 0. The second-order valence-electron chi connectivity index (χ2n) is 4.41. The normalized spacial score (nSPS) is 26.0. The zero-order valence-corrected chi connectivity index (χ0v) is 8.71. The minimum absolute atomic E-state index is 0.00783. The Morgan fingerprint density at radius 3 is 2.75 bits per heavy atom. The third-order valence-corrected chi connectivity index (χ3v) is 3.27. The molecule has 2 aliphatic rings. The van der Waals surface area contributed by atoms with E-state index in [9.17, 15) is 8.78 Å². The van der Waals surface area contributed by atoms with Crippen molar-refractivity contribution in [3.8, 4) is 11.5 Å². The van der Waals surface area contributed by atoms with Gasteiger partial charge in [-0.1, -0.05) is 6.07 Å². The maximum atomic E-state index is 13.1. The Hall–Kier alpha value is -1.32. The van der Waals surface area contributed by atoms with Gasteiger partial charge in [0.1, 0.15) is 0 Å². The van der Waals surface area contributed by atoms with E-state index in [-0.39, 0.29) is 25.6 Å². The molecule has 4 heteroatoms. The smallest absolute Gasteiger partial charge is 0.248 e. The number of ether oxygens (including phenoxy) is 2. The van der Waals surface area contributed by atoms with Gasteiger partial charge in [-0.3, -0.25) is 0 Å². The van der Waals surface area contributed by atoms with Crippen molar-refractivity contribution in [2.24, 2.45) is 0 Å². The first-order valence-corrected chi connectivity index (χ1v) is 5.41. The molecule has 0 bridgehead atoms. The van der Waals surface area contributed by atoms with Crippen LogP contribution in [0, 0.1) is 0 Å². The van der Waals surface area contributed by atoms with Crippen LogP contribution >= 0.6 is 0 Å². The summed E-state index contributed by atoms with van der Waals surface area (Å²) in [5, 5.41) is 0. The van der Waals surface area contributed by atoms with E-state index < -0.39 is 5.92 Å². The predicted octanol–water partition coefficient (Wildman–Crippen LogP) is 3.32. The number of fused-ring (bicyclic) bond motifs is 1. The van der Waals surface area contributed by atoms with Crippen LogP contribution in [-0.4, -0.2) is 12.7 Å². The molecular weight excluding hydrogens is 214 g/mol. The summed E-state index contributed by atoms with van der Waals surface area (Å²) in [5.74, 6) is -1.17. The molecule has 1 unspecified atom stereocenters. The van der Waals surface area contributed by atoms with Gasteiger partial charge in [-0.05, 0) is 30.0 Å². The van der Waals surface area contributed by atoms with Crippen molar-refractivity contribution in [3.63, 3.8) is 0 Å². The van der Waals surface area contributed by atoms with Crippen LogP contribution in [0.3, 0.4) is 0 Å². The molecule has 0 spiro atoms. The molecule has 1 aliphatic heterocycles. The van der Waals surface area contributed by atoms with Gasteiger partial charge in [0.15, 0.2) is 11.5 Å². The average Bonchev–Trinajstić information content (AvgIpc) is 2.82. The molecule has 0 amide bonds. The summed E-state index contributed by atoms with van der Waals surface area (Å²) in [6.07, 6.45) is 0.491. The highest BCUT2D eigenvalue weighted by molar-refractivity contribution is 5.45. The molecule has 86 valence electrons. The van der Waals surface area contributed by atoms with Crippen LogP contribution in [0.15, 0.2) is 18.2 Å². The first-order valence-electron chi connectivity index (χ1n) is 5.41. The van der Waals surface area contributed by atoms with Crippen LogP contribution in [0.5, 0.6) is 11.5 Å². The van der Waals surface area contributed by atoms with E-state index in [0.717, 1.165) is 5.56 Å². The predicted molar refractivity (Wildman–Crippen MR) is 54.1 cm³/mol. The van der Waals surface area contributed by atoms with Crippen LogP contribution in [0.1, 0.15) is 30.7 Å². The van der Waals surface area contributed by atoms with E-state index in [0.29, 0.717) is 17.9 Å². The van der Waals surface area contributed by atoms with Gasteiger partial charge in [0.2, 0.25) is 12.7 Å². The lowest BCUT2D eigenvalue weighted by molar-refractivity contribution is 0.00776. The maximum absolute atomic E-state index is 13.1. The Labute approximate surface area is 92.2 Å². The highest BCUT2D eigenvalue weighted by Crippen LogP contribution is 2.46. The van der Waals surface area contributed by atoms with Crippen LogP contribution in [0.2, 0.25) is 0 Å². The summed E-state index contributed by atoms with van der Waals surface area (Å²) in [6.45, 7) is 0.222. The number of rotatable bonds is 1. The van der Waals surface area contributed by atoms with Crippen LogP contribution < -0.4 is 9.47 Å². The zero-order chi connectivity index (χ0) is 11.2. The quantitative estimate of drug-likeness (QED) is 0.731. The molecule has 1 atom stereocenters. The third-order valence-electron chi connectivity index (χ3n) is 3.27. The Kier molecular flexibility index (Phi) is 2.06. The Morgan fingerprint density at radius 1 is 1.19 bits per heavy atom. The molecule has 1 fully saturated rings. The maximum Gasteiger partial charge on any atom is 0.248 e. The topological polar surface area (TPSA) is 18.5 Å². The highest BCUT2D eigenvalue weighted by atomic mass is 19.3. The van der Waals surface area contributed by atoms with Crippen molar-refractivity contribution in [3.05, 3.63) is 23.8 Å². The Morgan fingerprint density at radius 2 is 2.00 bits per heavy atom. The molecule has 1 saturated carbocycles. The van der Waals surface area contributed by atoms with E-state index in [1.54, 1.807) is 6.07 Å². The largest absolute Gasteiger partial charge is 0.454 e.